The van der Waals surface area contributed by atoms with Gasteiger partial charge in [-0.05, 0) is 0 Å². The predicted octanol–water partition coefficient (Wildman–Crippen LogP) is -0.614. The number of ether oxygens (including phenoxy) is 2. The molecule has 1 atom stereocenters. The number of rotatable bonds is 5. The third-order valence-electron chi connectivity index (χ3n) is 2.78. The lowest BCUT2D eigenvalue weighted by Crippen LogP contribution is -2.44. The first-order chi connectivity index (χ1) is 8.15. The molecular formula is C11H20N2O4. The van der Waals surface area contributed by atoms with Gasteiger partial charge in [-0.3, -0.25) is 14.5 Å². The molecule has 0 spiro atoms. The molecule has 6 heteroatoms. The van der Waals surface area contributed by atoms with E-state index in [1.807, 2.05) is 0 Å². The summed E-state index contributed by atoms with van der Waals surface area (Å²) in [6, 6.07) is 0. The summed E-state index contributed by atoms with van der Waals surface area (Å²) in [5.74, 6) is -0.232. The van der Waals surface area contributed by atoms with Crippen LogP contribution >= 0.6 is 0 Å². The quantitative estimate of drug-likeness (QED) is 0.653. The van der Waals surface area contributed by atoms with Crippen LogP contribution in [0.4, 0.5) is 0 Å². The first-order valence-electron chi connectivity index (χ1n) is 5.77. The van der Waals surface area contributed by atoms with Crippen molar-refractivity contribution in [2.45, 2.75) is 18.9 Å². The molecular weight excluding hydrogens is 224 g/mol. The topological polar surface area (TPSA) is 67.9 Å². The van der Waals surface area contributed by atoms with E-state index in [2.05, 4.69) is 15.0 Å². The van der Waals surface area contributed by atoms with Gasteiger partial charge in [0.2, 0.25) is 5.91 Å². The van der Waals surface area contributed by atoms with Crippen molar-refractivity contribution in [3.05, 3.63) is 0 Å². The van der Waals surface area contributed by atoms with Crippen molar-refractivity contribution < 1.29 is 19.1 Å². The van der Waals surface area contributed by atoms with Gasteiger partial charge in [-0.15, -0.1) is 0 Å². The lowest BCUT2D eigenvalue weighted by molar-refractivity contribution is -0.145. The van der Waals surface area contributed by atoms with E-state index in [0.717, 1.165) is 6.54 Å². The van der Waals surface area contributed by atoms with Crippen LogP contribution in [0.5, 0.6) is 0 Å². The van der Waals surface area contributed by atoms with Gasteiger partial charge in [-0.1, -0.05) is 0 Å². The Kier molecular flexibility index (Phi) is 5.93. The molecule has 17 heavy (non-hydrogen) atoms. The molecule has 1 unspecified atom stereocenters. The van der Waals surface area contributed by atoms with E-state index in [0.29, 0.717) is 26.1 Å². The molecule has 1 saturated heterocycles. The van der Waals surface area contributed by atoms with Crippen molar-refractivity contribution in [1.82, 2.24) is 10.2 Å². The van der Waals surface area contributed by atoms with Gasteiger partial charge in [0.25, 0.3) is 0 Å². The molecule has 98 valence electrons. The monoisotopic (exact) mass is 244 g/mol. The second-order valence-corrected chi connectivity index (χ2v) is 4.00. The number of carbonyl (C=O) groups is 2. The van der Waals surface area contributed by atoms with Gasteiger partial charge in [0.05, 0.1) is 26.2 Å². The van der Waals surface area contributed by atoms with Gasteiger partial charge in [-0.2, -0.15) is 0 Å². The fraction of sp³-hybridized carbons (Fsp3) is 0.818. The number of morpholine rings is 1. The van der Waals surface area contributed by atoms with E-state index >= 15 is 0 Å². The first kappa shape index (κ1) is 13.9. The third kappa shape index (κ3) is 5.14. The van der Waals surface area contributed by atoms with Crippen LogP contribution in [0.2, 0.25) is 0 Å². The minimum absolute atomic E-state index is 0.0287. The molecule has 0 radical (unpaired) electrons. The number of methoxy groups -OCH3 is 1. The average molecular weight is 244 g/mol. The van der Waals surface area contributed by atoms with Gasteiger partial charge in [0.1, 0.15) is 0 Å². The Bertz CT molecular complexity index is 270. The van der Waals surface area contributed by atoms with Crippen LogP contribution in [-0.2, 0) is 19.1 Å². The summed E-state index contributed by atoms with van der Waals surface area (Å²) in [6.07, 6.45) is 0.620. The van der Waals surface area contributed by atoms with E-state index in [4.69, 9.17) is 4.74 Å². The Hall–Kier alpha value is -1.14. The highest BCUT2D eigenvalue weighted by Gasteiger charge is 2.23. The maximum atomic E-state index is 11.1. The number of hydrogen-bond donors (Lipinski definition) is 1. The Labute approximate surface area is 101 Å². The fourth-order valence-corrected chi connectivity index (χ4v) is 1.76. The predicted molar refractivity (Wildman–Crippen MR) is 61.5 cm³/mol. The molecule has 1 rings (SSSR count). The van der Waals surface area contributed by atoms with Crippen LogP contribution in [0.15, 0.2) is 0 Å². The molecule has 1 aliphatic rings. The van der Waals surface area contributed by atoms with Gasteiger partial charge < -0.3 is 14.8 Å². The minimum Gasteiger partial charge on any atom is -0.469 e. The highest BCUT2D eigenvalue weighted by Crippen LogP contribution is 2.09. The van der Waals surface area contributed by atoms with Crippen LogP contribution < -0.4 is 5.32 Å². The third-order valence-corrected chi connectivity index (χ3v) is 2.78. The van der Waals surface area contributed by atoms with Crippen LogP contribution in [0, 0.1) is 0 Å². The summed E-state index contributed by atoms with van der Waals surface area (Å²) in [5.41, 5.74) is 0. The van der Waals surface area contributed by atoms with Gasteiger partial charge in [-0.25, -0.2) is 0 Å². The molecule has 0 aromatic rings. The average Bonchev–Trinajstić information content (AvgIpc) is 2.36. The first-order valence-corrected chi connectivity index (χ1v) is 5.77. The van der Waals surface area contributed by atoms with E-state index in [-0.39, 0.29) is 24.4 Å². The van der Waals surface area contributed by atoms with Crippen molar-refractivity contribution in [2.75, 3.05) is 40.4 Å². The zero-order valence-electron chi connectivity index (χ0n) is 10.4. The van der Waals surface area contributed by atoms with Crippen molar-refractivity contribution >= 4 is 11.9 Å². The number of carbonyl (C=O) groups excluding carboxylic acids is 2. The number of nitrogens with one attached hydrogen (secondary N) is 1. The smallest absolute Gasteiger partial charge is 0.308 e. The highest BCUT2D eigenvalue weighted by molar-refractivity contribution is 5.75. The van der Waals surface area contributed by atoms with Crippen LogP contribution in [0.3, 0.4) is 0 Å². The van der Waals surface area contributed by atoms with Crippen molar-refractivity contribution in [2.24, 2.45) is 0 Å². The summed E-state index contributed by atoms with van der Waals surface area (Å²) in [6.45, 7) is 2.76. The standard InChI is InChI=1S/C11H20N2O4/c1-12-10(14)3-4-13-5-6-17-9(8-13)7-11(15)16-2/h9H,3-8H2,1-2H3,(H,12,14). The van der Waals surface area contributed by atoms with Crippen LogP contribution in [0.1, 0.15) is 12.8 Å². The van der Waals surface area contributed by atoms with E-state index < -0.39 is 0 Å². The second-order valence-electron chi connectivity index (χ2n) is 4.00. The highest BCUT2D eigenvalue weighted by atomic mass is 16.5. The number of esters is 1. The van der Waals surface area contributed by atoms with E-state index in [9.17, 15) is 9.59 Å². The zero-order valence-corrected chi connectivity index (χ0v) is 10.4. The number of hydrogen-bond acceptors (Lipinski definition) is 5. The van der Waals surface area contributed by atoms with E-state index in [1.54, 1.807) is 7.05 Å². The van der Waals surface area contributed by atoms with Crippen molar-refractivity contribution in [3.63, 3.8) is 0 Å². The molecule has 6 nitrogen and oxygen atoms in total. The van der Waals surface area contributed by atoms with Gasteiger partial charge >= 0.3 is 5.97 Å². The van der Waals surface area contributed by atoms with E-state index in [1.165, 1.54) is 7.11 Å². The van der Waals surface area contributed by atoms with Crippen molar-refractivity contribution in [1.29, 1.82) is 0 Å². The summed E-state index contributed by atoms with van der Waals surface area (Å²) in [7, 11) is 3.00. The number of amides is 1. The van der Waals surface area contributed by atoms with Crippen LogP contribution in [-0.4, -0.2) is 63.3 Å². The molecule has 1 N–H and O–H groups in total. The molecule has 1 fully saturated rings. The van der Waals surface area contributed by atoms with Gasteiger partial charge in [0, 0.05) is 33.1 Å². The summed E-state index contributed by atoms with van der Waals surface area (Å²) in [4.78, 5) is 24.4. The molecule has 0 bridgehead atoms. The maximum Gasteiger partial charge on any atom is 0.308 e. The van der Waals surface area contributed by atoms with Crippen molar-refractivity contribution in [3.8, 4) is 0 Å². The van der Waals surface area contributed by atoms with Gasteiger partial charge in [0.15, 0.2) is 0 Å². The Morgan fingerprint density at radius 3 is 2.94 bits per heavy atom. The van der Waals surface area contributed by atoms with Crippen LogP contribution in [0.25, 0.3) is 0 Å². The molecule has 0 aromatic heterocycles. The molecule has 1 aliphatic heterocycles. The molecule has 1 amide bonds. The molecule has 0 aromatic carbocycles. The SMILES string of the molecule is CNC(=O)CCN1CCOC(CC(=O)OC)C1. The lowest BCUT2D eigenvalue weighted by atomic mass is 10.2. The summed E-state index contributed by atoms with van der Waals surface area (Å²) in [5, 5.41) is 2.59. The number of nitrogens with zero attached hydrogens (tertiary/aromatic N) is 1. The maximum absolute atomic E-state index is 11.1. The normalized spacial score (nSPS) is 20.9. The summed E-state index contributed by atoms with van der Waals surface area (Å²) < 4.78 is 10.1. The second kappa shape index (κ2) is 7.24. The fourth-order valence-electron chi connectivity index (χ4n) is 1.76. The largest absolute Gasteiger partial charge is 0.469 e. The molecule has 1 heterocycles. The lowest BCUT2D eigenvalue weighted by Gasteiger charge is -2.32. The summed E-state index contributed by atoms with van der Waals surface area (Å²) >= 11 is 0. The minimum atomic E-state index is -0.261. The Morgan fingerprint density at radius 1 is 1.53 bits per heavy atom. The Morgan fingerprint density at radius 2 is 2.29 bits per heavy atom. The zero-order chi connectivity index (χ0) is 12.7. The molecule has 0 saturated carbocycles. The molecule has 0 aliphatic carbocycles. The Balaban J connectivity index is 2.28.